The number of hydrogen-bond donors (Lipinski definition) is 3. The first-order chi connectivity index (χ1) is 8.68. The van der Waals surface area contributed by atoms with Gasteiger partial charge in [0.05, 0.1) is 6.33 Å². The summed E-state index contributed by atoms with van der Waals surface area (Å²) in [5.41, 5.74) is 6.85. The number of aromatic nitrogens is 2. The van der Waals surface area contributed by atoms with E-state index in [-0.39, 0.29) is 11.6 Å². The summed E-state index contributed by atoms with van der Waals surface area (Å²) in [4.78, 5) is 17.9. The highest BCUT2D eigenvalue weighted by molar-refractivity contribution is 9.10. The smallest absolute Gasteiger partial charge is 0.267 e. The standard InChI is InChI=1S/C12H13BrN4O/c13-10-11(16-7-17-12(10)18)15-6-9(14)8-4-2-1-3-5-8/h1-5,7,9H,6,14H2,(H2,15,16,17,18). The van der Waals surface area contributed by atoms with Crippen LogP contribution in [0.5, 0.6) is 0 Å². The molecule has 1 aromatic heterocycles. The van der Waals surface area contributed by atoms with Gasteiger partial charge in [-0.25, -0.2) is 4.98 Å². The highest BCUT2D eigenvalue weighted by Crippen LogP contribution is 2.15. The van der Waals surface area contributed by atoms with Crippen LogP contribution in [0.3, 0.4) is 0 Å². The van der Waals surface area contributed by atoms with Crippen LogP contribution in [-0.4, -0.2) is 16.5 Å². The number of nitrogens with one attached hydrogen (secondary N) is 2. The van der Waals surface area contributed by atoms with Gasteiger partial charge >= 0.3 is 0 Å². The maximum atomic E-state index is 11.3. The summed E-state index contributed by atoms with van der Waals surface area (Å²) >= 11 is 3.18. The third-order valence-corrected chi connectivity index (χ3v) is 3.25. The van der Waals surface area contributed by atoms with Crippen LogP contribution in [0.1, 0.15) is 11.6 Å². The minimum absolute atomic E-state index is 0.154. The third kappa shape index (κ3) is 2.96. The van der Waals surface area contributed by atoms with Crippen molar-refractivity contribution in [3.05, 3.63) is 57.0 Å². The summed E-state index contributed by atoms with van der Waals surface area (Å²) in [6.45, 7) is 0.499. The predicted molar refractivity (Wildman–Crippen MR) is 74.4 cm³/mol. The zero-order chi connectivity index (χ0) is 13.0. The lowest BCUT2D eigenvalue weighted by Gasteiger charge is -2.13. The van der Waals surface area contributed by atoms with Crippen molar-refractivity contribution in [3.8, 4) is 0 Å². The fourth-order valence-corrected chi connectivity index (χ4v) is 1.89. The number of nitrogens with two attached hydrogens (primary N) is 1. The first kappa shape index (κ1) is 12.8. The van der Waals surface area contributed by atoms with Gasteiger partial charge in [-0.1, -0.05) is 30.3 Å². The Labute approximate surface area is 113 Å². The van der Waals surface area contributed by atoms with Crippen molar-refractivity contribution in [2.45, 2.75) is 6.04 Å². The van der Waals surface area contributed by atoms with Crippen molar-refractivity contribution in [2.75, 3.05) is 11.9 Å². The Morgan fingerprint density at radius 1 is 1.39 bits per heavy atom. The van der Waals surface area contributed by atoms with E-state index in [1.54, 1.807) is 0 Å². The van der Waals surface area contributed by atoms with Crippen LogP contribution >= 0.6 is 15.9 Å². The number of H-pyrrole nitrogens is 1. The third-order valence-electron chi connectivity index (χ3n) is 2.51. The van der Waals surface area contributed by atoms with Gasteiger partial charge in [0.15, 0.2) is 0 Å². The predicted octanol–water partition coefficient (Wildman–Crippen LogP) is 1.64. The van der Waals surface area contributed by atoms with Crippen LogP contribution in [0.25, 0.3) is 0 Å². The van der Waals surface area contributed by atoms with E-state index in [9.17, 15) is 4.79 Å². The van der Waals surface area contributed by atoms with Crippen LogP contribution in [0.4, 0.5) is 5.82 Å². The normalized spacial score (nSPS) is 12.1. The molecule has 0 aliphatic heterocycles. The van der Waals surface area contributed by atoms with Crippen molar-refractivity contribution in [2.24, 2.45) is 5.73 Å². The Hall–Kier alpha value is -1.66. The molecule has 94 valence electrons. The van der Waals surface area contributed by atoms with Crippen molar-refractivity contribution in [3.63, 3.8) is 0 Å². The van der Waals surface area contributed by atoms with Crippen LogP contribution in [0.15, 0.2) is 45.9 Å². The molecule has 0 saturated heterocycles. The maximum absolute atomic E-state index is 11.3. The van der Waals surface area contributed by atoms with Crippen LogP contribution in [-0.2, 0) is 0 Å². The topological polar surface area (TPSA) is 83.8 Å². The van der Waals surface area contributed by atoms with E-state index in [0.29, 0.717) is 16.8 Å². The van der Waals surface area contributed by atoms with Gasteiger partial charge in [0, 0.05) is 12.6 Å². The van der Waals surface area contributed by atoms with Gasteiger partial charge in [-0.3, -0.25) is 4.79 Å². The van der Waals surface area contributed by atoms with Crippen molar-refractivity contribution in [1.29, 1.82) is 0 Å². The van der Waals surface area contributed by atoms with Crippen molar-refractivity contribution < 1.29 is 0 Å². The molecule has 1 aromatic carbocycles. The molecule has 0 radical (unpaired) electrons. The fourth-order valence-electron chi connectivity index (χ4n) is 1.53. The zero-order valence-electron chi connectivity index (χ0n) is 9.56. The molecule has 0 aliphatic rings. The molecule has 4 N–H and O–H groups in total. The lowest BCUT2D eigenvalue weighted by molar-refractivity contribution is 0.760. The summed E-state index contributed by atoms with van der Waals surface area (Å²) < 4.78 is 0.380. The number of anilines is 1. The van der Waals surface area contributed by atoms with Crippen molar-refractivity contribution in [1.82, 2.24) is 9.97 Å². The Bertz CT molecular complexity index is 570. The Morgan fingerprint density at radius 2 is 2.11 bits per heavy atom. The second-order valence-corrected chi connectivity index (χ2v) is 4.59. The highest BCUT2D eigenvalue weighted by Gasteiger charge is 2.08. The zero-order valence-corrected chi connectivity index (χ0v) is 11.1. The molecule has 6 heteroatoms. The van der Waals surface area contributed by atoms with Crippen molar-refractivity contribution >= 4 is 21.7 Å². The molecule has 18 heavy (non-hydrogen) atoms. The van der Waals surface area contributed by atoms with E-state index < -0.39 is 0 Å². The summed E-state index contributed by atoms with van der Waals surface area (Å²) in [6, 6.07) is 9.60. The Kier molecular flexibility index (Phi) is 4.11. The van der Waals surface area contributed by atoms with Gasteiger partial charge in [-0.05, 0) is 21.5 Å². The van der Waals surface area contributed by atoms with E-state index in [1.165, 1.54) is 6.33 Å². The van der Waals surface area contributed by atoms with E-state index >= 15 is 0 Å². The first-order valence-electron chi connectivity index (χ1n) is 5.46. The van der Waals surface area contributed by atoms with Gasteiger partial charge in [-0.2, -0.15) is 0 Å². The molecule has 0 saturated carbocycles. The molecule has 0 fully saturated rings. The molecule has 0 bridgehead atoms. The molecule has 0 amide bonds. The lowest BCUT2D eigenvalue weighted by Crippen LogP contribution is -2.22. The lowest BCUT2D eigenvalue weighted by atomic mass is 10.1. The van der Waals surface area contributed by atoms with Crippen LogP contribution in [0, 0.1) is 0 Å². The largest absolute Gasteiger partial charge is 0.367 e. The van der Waals surface area contributed by atoms with Crippen LogP contribution in [0.2, 0.25) is 0 Å². The molecular weight excluding hydrogens is 296 g/mol. The van der Waals surface area contributed by atoms with Gasteiger partial charge in [0.2, 0.25) is 0 Å². The second-order valence-electron chi connectivity index (χ2n) is 3.79. The maximum Gasteiger partial charge on any atom is 0.267 e. The first-order valence-corrected chi connectivity index (χ1v) is 6.25. The van der Waals surface area contributed by atoms with E-state index in [0.717, 1.165) is 5.56 Å². The van der Waals surface area contributed by atoms with E-state index in [4.69, 9.17) is 5.73 Å². The molecule has 5 nitrogen and oxygen atoms in total. The van der Waals surface area contributed by atoms with Gasteiger partial charge in [-0.15, -0.1) is 0 Å². The summed E-state index contributed by atoms with van der Waals surface area (Å²) in [5.74, 6) is 0.491. The molecule has 2 aromatic rings. The summed E-state index contributed by atoms with van der Waals surface area (Å²) in [6.07, 6.45) is 1.35. The van der Waals surface area contributed by atoms with E-state index in [1.807, 2.05) is 30.3 Å². The number of hydrogen-bond acceptors (Lipinski definition) is 4. The molecule has 2 rings (SSSR count). The molecule has 0 spiro atoms. The number of aromatic amines is 1. The van der Waals surface area contributed by atoms with Gasteiger partial charge < -0.3 is 16.0 Å². The molecule has 1 unspecified atom stereocenters. The monoisotopic (exact) mass is 308 g/mol. The Morgan fingerprint density at radius 3 is 2.83 bits per heavy atom. The average Bonchev–Trinajstić information content (AvgIpc) is 2.41. The molecule has 1 heterocycles. The second kappa shape index (κ2) is 5.79. The number of benzene rings is 1. The van der Waals surface area contributed by atoms with Gasteiger partial charge in [0.1, 0.15) is 10.3 Å². The molecular formula is C12H13BrN4O. The molecule has 0 aliphatic carbocycles. The summed E-state index contributed by atoms with van der Waals surface area (Å²) in [7, 11) is 0. The average molecular weight is 309 g/mol. The quantitative estimate of drug-likeness (QED) is 0.802. The SMILES string of the molecule is NC(CNc1nc[nH]c(=O)c1Br)c1ccccc1. The number of halogens is 1. The van der Waals surface area contributed by atoms with Crippen LogP contribution < -0.4 is 16.6 Å². The minimum Gasteiger partial charge on any atom is -0.367 e. The fraction of sp³-hybridized carbons (Fsp3) is 0.167. The minimum atomic E-state index is -0.221. The van der Waals surface area contributed by atoms with Gasteiger partial charge in [0.25, 0.3) is 5.56 Å². The highest BCUT2D eigenvalue weighted by atomic mass is 79.9. The number of rotatable bonds is 4. The number of nitrogens with zero attached hydrogens (tertiary/aromatic N) is 1. The summed E-state index contributed by atoms with van der Waals surface area (Å²) in [5, 5.41) is 3.05. The van der Waals surface area contributed by atoms with E-state index in [2.05, 4.69) is 31.2 Å². The molecule has 1 atom stereocenters. The Balaban J connectivity index is 2.04.